The number of ether oxygens (including phenoxy) is 1. The molecule has 1 aromatic carbocycles. The van der Waals surface area contributed by atoms with Gasteiger partial charge >= 0.3 is 0 Å². The molecular weight excluding hydrogens is 351 g/mol. The predicted octanol–water partition coefficient (Wildman–Crippen LogP) is 1.73. The van der Waals surface area contributed by atoms with Crippen molar-refractivity contribution in [2.45, 2.75) is 25.4 Å². The van der Waals surface area contributed by atoms with Gasteiger partial charge in [0.15, 0.2) is 14.9 Å². The zero-order valence-corrected chi connectivity index (χ0v) is 15.3. The molecule has 0 bridgehead atoms. The lowest BCUT2D eigenvalue weighted by Gasteiger charge is -2.31. The summed E-state index contributed by atoms with van der Waals surface area (Å²) >= 11 is 5.47. The summed E-state index contributed by atoms with van der Waals surface area (Å²) in [5.41, 5.74) is 0.912. The van der Waals surface area contributed by atoms with Crippen molar-refractivity contribution in [1.82, 2.24) is 10.2 Å². The van der Waals surface area contributed by atoms with E-state index in [4.69, 9.17) is 17.0 Å². The van der Waals surface area contributed by atoms with Crippen LogP contribution in [0.15, 0.2) is 24.3 Å². The van der Waals surface area contributed by atoms with Gasteiger partial charge in [-0.15, -0.1) is 0 Å². The van der Waals surface area contributed by atoms with E-state index >= 15 is 0 Å². The summed E-state index contributed by atoms with van der Waals surface area (Å²) in [6, 6.07) is 6.10. The molecule has 5 nitrogen and oxygen atoms in total. The Bertz CT molecular complexity index is 650. The molecule has 1 aliphatic heterocycles. The Morgan fingerprint density at radius 3 is 2.71 bits per heavy atom. The number of thiocarbonyl (C=S) groups is 1. The molecule has 0 aromatic heterocycles. The average Bonchev–Trinajstić information content (AvgIpc) is 2.90. The minimum atomic E-state index is -2.98. The smallest absolute Gasteiger partial charge is 0.169 e. The molecule has 0 spiro atoms. The molecule has 1 atom stereocenters. The highest BCUT2D eigenvalue weighted by molar-refractivity contribution is 7.91. The summed E-state index contributed by atoms with van der Waals surface area (Å²) < 4.78 is 41.5. The fraction of sp³-hybridized carbons (Fsp3) is 0.562. The van der Waals surface area contributed by atoms with Crippen LogP contribution >= 0.6 is 12.2 Å². The minimum Gasteiger partial charge on any atom is -0.385 e. The molecule has 0 unspecified atom stereocenters. The van der Waals surface area contributed by atoms with Gasteiger partial charge in [-0.1, -0.05) is 12.1 Å². The summed E-state index contributed by atoms with van der Waals surface area (Å²) in [4.78, 5) is 1.95. The summed E-state index contributed by atoms with van der Waals surface area (Å²) in [6.45, 7) is 1.71. The van der Waals surface area contributed by atoms with Crippen molar-refractivity contribution in [3.63, 3.8) is 0 Å². The summed E-state index contributed by atoms with van der Waals surface area (Å²) in [5, 5.41) is 3.67. The number of methoxy groups -OCH3 is 1. The van der Waals surface area contributed by atoms with Crippen LogP contribution in [0, 0.1) is 5.82 Å². The Kier molecular flexibility index (Phi) is 6.94. The van der Waals surface area contributed by atoms with E-state index in [0.29, 0.717) is 31.2 Å². The van der Waals surface area contributed by atoms with E-state index in [1.165, 1.54) is 12.1 Å². The van der Waals surface area contributed by atoms with Gasteiger partial charge in [-0.25, -0.2) is 12.8 Å². The Hall–Kier alpha value is -1.25. The first-order valence-corrected chi connectivity index (χ1v) is 10.1. The molecule has 1 N–H and O–H groups in total. The molecule has 134 valence electrons. The first-order chi connectivity index (χ1) is 11.4. The van der Waals surface area contributed by atoms with Gasteiger partial charge in [-0.05, 0) is 42.8 Å². The number of rotatable bonds is 7. The quantitative estimate of drug-likeness (QED) is 0.579. The molecule has 1 aliphatic rings. The van der Waals surface area contributed by atoms with E-state index in [-0.39, 0.29) is 23.4 Å². The van der Waals surface area contributed by atoms with Crippen molar-refractivity contribution in [2.24, 2.45) is 0 Å². The molecule has 2 rings (SSSR count). The van der Waals surface area contributed by atoms with Gasteiger partial charge in [-0.3, -0.25) is 0 Å². The van der Waals surface area contributed by atoms with Crippen LogP contribution in [0.1, 0.15) is 18.4 Å². The number of hydrogen-bond acceptors (Lipinski definition) is 4. The Morgan fingerprint density at radius 2 is 2.12 bits per heavy atom. The standard InChI is InChI=1S/C16H23FN2O3S2/c1-22-9-2-8-19(15-7-10-24(20,21)12-15)16(23)18-11-13-3-5-14(17)6-4-13/h3-6,15H,2,7-12H2,1H3,(H,18,23)/t15-/m0/s1. The van der Waals surface area contributed by atoms with Crippen LogP contribution in [0.2, 0.25) is 0 Å². The van der Waals surface area contributed by atoms with Gasteiger partial charge in [0, 0.05) is 32.8 Å². The number of nitrogens with zero attached hydrogens (tertiary/aromatic N) is 1. The van der Waals surface area contributed by atoms with E-state index in [0.717, 1.165) is 12.0 Å². The van der Waals surface area contributed by atoms with Crippen molar-refractivity contribution in [1.29, 1.82) is 0 Å². The van der Waals surface area contributed by atoms with Crippen molar-refractivity contribution >= 4 is 27.2 Å². The lowest BCUT2D eigenvalue weighted by molar-refractivity contribution is 0.181. The molecule has 0 saturated carbocycles. The maximum absolute atomic E-state index is 12.9. The second kappa shape index (κ2) is 8.73. The SMILES string of the molecule is COCCCN(C(=S)NCc1ccc(F)cc1)[C@H]1CCS(=O)(=O)C1. The molecule has 1 heterocycles. The van der Waals surface area contributed by atoms with Gasteiger partial charge in [0.25, 0.3) is 0 Å². The van der Waals surface area contributed by atoms with Crippen molar-refractivity contribution < 1.29 is 17.5 Å². The lowest BCUT2D eigenvalue weighted by Crippen LogP contribution is -2.47. The van der Waals surface area contributed by atoms with Gasteiger partial charge in [0.05, 0.1) is 11.5 Å². The van der Waals surface area contributed by atoms with Crippen LogP contribution in [0.5, 0.6) is 0 Å². The lowest BCUT2D eigenvalue weighted by atomic mass is 10.2. The zero-order valence-electron chi connectivity index (χ0n) is 13.7. The zero-order chi connectivity index (χ0) is 17.6. The number of hydrogen-bond donors (Lipinski definition) is 1. The number of halogens is 1. The average molecular weight is 375 g/mol. The first-order valence-electron chi connectivity index (χ1n) is 7.89. The first kappa shape index (κ1) is 19.1. The monoisotopic (exact) mass is 374 g/mol. The van der Waals surface area contributed by atoms with Crippen LogP contribution in [-0.2, 0) is 21.1 Å². The van der Waals surface area contributed by atoms with Gasteiger partial charge in [0.1, 0.15) is 5.82 Å². The van der Waals surface area contributed by atoms with Gasteiger partial charge in [-0.2, -0.15) is 0 Å². The van der Waals surface area contributed by atoms with Crippen LogP contribution in [0.25, 0.3) is 0 Å². The van der Waals surface area contributed by atoms with Crippen molar-refractivity contribution in [3.05, 3.63) is 35.6 Å². The second-order valence-corrected chi connectivity index (χ2v) is 8.50. The molecule has 0 radical (unpaired) electrons. The molecule has 8 heteroatoms. The predicted molar refractivity (Wildman–Crippen MR) is 96.1 cm³/mol. The molecule has 1 fully saturated rings. The highest BCUT2D eigenvalue weighted by atomic mass is 32.2. The third kappa shape index (κ3) is 5.68. The molecular formula is C16H23FN2O3S2. The highest BCUT2D eigenvalue weighted by Crippen LogP contribution is 2.18. The minimum absolute atomic E-state index is 0.0972. The van der Waals surface area contributed by atoms with E-state index in [2.05, 4.69) is 5.32 Å². The number of nitrogens with one attached hydrogen (secondary N) is 1. The largest absolute Gasteiger partial charge is 0.385 e. The van der Waals surface area contributed by atoms with Crippen LogP contribution in [0.4, 0.5) is 4.39 Å². The Labute approximate surface area is 148 Å². The normalized spacial score (nSPS) is 19.2. The highest BCUT2D eigenvalue weighted by Gasteiger charge is 2.33. The molecule has 24 heavy (non-hydrogen) atoms. The van der Waals surface area contributed by atoms with E-state index in [1.54, 1.807) is 19.2 Å². The van der Waals surface area contributed by atoms with E-state index < -0.39 is 9.84 Å². The Morgan fingerprint density at radius 1 is 1.42 bits per heavy atom. The van der Waals surface area contributed by atoms with Crippen molar-refractivity contribution in [3.8, 4) is 0 Å². The molecule has 0 amide bonds. The number of benzene rings is 1. The fourth-order valence-corrected chi connectivity index (χ4v) is 4.78. The van der Waals surface area contributed by atoms with E-state index in [9.17, 15) is 12.8 Å². The van der Waals surface area contributed by atoms with Crippen LogP contribution in [-0.4, -0.2) is 56.2 Å². The van der Waals surface area contributed by atoms with Crippen LogP contribution < -0.4 is 5.32 Å². The number of sulfone groups is 1. The van der Waals surface area contributed by atoms with Gasteiger partial charge < -0.3 is 15.0 Å². The van der Waals surface area contributed by atoms with E-state index in [1.807, 2.05) is 4.90 Å². The molecule has 1 aromatic rings. The topological polar surface area (TPSA) is 58.6 Å². The third-order valence-electron chi connectivity index (χ3n) is 4.01. The molecule has 0 aliphatic carbocycles. The van der Waals surface area contributed by atoms with Crippen molar-refractivity contribution in [2.75, 3.05) is 31.8 Å². The van der Waals surface area contributed by atoms with Crippen LogP contribution in [0.3, 0.4) is 0 Å². The third-order valence-corrected chi connectivity index (χ3v) is 6.14. The Balaban J connectivity index is 1.96. The summed E-state index contributed by atoms with van der Waals surface area (Å²) in [5.74, 6) is 0.0656. The summed E-state index contributed by atoms with van der Waals surface area (Å²) in [7, 11) is -1.34. The van der Waals surface area contributed by atoms with Gasteiger partial charge in [0.2, 0.25) is 0 Å². The maximum atomic E-state index is 12.9. The fourth-order valence-electron chi connectivity index (χ4n) is 2.73. The summed E-state index contributed by atoms with van der Waals surface area (Å²) in [6.07, 6.45) is 1.36. The molecule has 1 saturated heterocycles. The second-order valence-electron chi connectivity index (χ2n) is 5.88. The maximum Gasteiger partial charge on any atom is 0.169 e.